The van der Waals surface area contributed by atoms with Gasteiger partial charge in [-0.1, -0.05) is 13.0 Å². The molecule has 174 valence electrons. The van der Waals surface area contributed by atoms with Crippen molar-refractivity contribution in [3.8, 4) is 0 Å². The van der Waals surface area contributed by atoms with Crippen LogP contribution in [0.25, 0.3) is 0 Å². The van der Waals surface area contributed by atoms with Crippen LogP contribution in [0.3, 0.4) is 0 Å². The summed E-state index contributed by atoms with van der Waals surface area (Å²) in [6, 6.07) is 4.61. The van der Waals surface area contributed by atoms with Crippen molar-refractivity contribution in [1.82, 2.24) is 14.8 Å². The number of piperidine rings is 1. The molecule has 0 aromatic carbocycles. The average Bonchev–Trinajstić information content (AvgIpc) is 3.05. The summed E-state index contributed by atoms with van der Waals surface area (Å²) in [4.78, 5) is 29.7. The second-order valence-corrected chi connectivity index (χ2v) is 8.12. The summed E-state index contributed by atoms with van der Waals surface area (Å²) in [6.45, 7) is 6.58. The van der Waals surface area contributed by atoms with Gasteiger partial charge in [-0.05, 0) is 36.3 Å². The van der Waals surface area contributed by atoms with Gasteiger partial charge in [0.05, 0.1) is 6.61 Å². The van der Waals surface area contributed by atoms with Crippen LogP contribution in [0.2, 0.25) is 0 Å². The third-order valence-electron chi connectivity index (χ3n) is 5.91. The highest BCUT2D eigenvalue weighted by molar-refractivity contribution is 5.75. The van der Waals surface area contributed by atoms with Crippen LogP contribution in [0.4, 0.5) is 13.2 Å². The van der Waals surface area contributed by atoms with Crippen LogP contribution < -0.4 is 0 Å². The predicted molar refractivity (Wildman–Crippen MR) is 107 cm³/mol. The van der Waals surface area contributed by atoms with Crippen LogP contribution in [0.5, 0.6) is 0 Å². The molecule has 31 heavy (non-hydrogen) atoms. The third kappa shape index (κ3) is 7.17. The molecule has 1 aromatic rings. The molecule has 0 aliphatic carbocycles. The van der Waals surface area contributed by atoms with Gasteiger partial charge in [-0.25, -0.2) is 4.79 Å². The monoisotopic (exact) mass is 445 g/mol. The number of rotatable bonds is 5. The molecule has 10 heteroatoms. The Balaban J connectivity index is 0.000000423. The van der Waals surface area contributed by atoms with Gasteiger partial charge in [0.15, 0.2) is 0 Å². The second-order valence-electron chi connectivity index (χ2n) is 8.12. The summed E-state index contributed by atoms with van der Waals surface area (Å²) in [5.74, 6) is -2.46. The number of alkyl halides is 3. The van der Waals surface area contributed by atoms with Gasteiger partial charge in [0.25, 0.3) is 0 Å². The molecule has 0 saturated carbocycles. The molecule has 1 N–H and O–H groups in total. The Morgan fingerprint density at radius 2 is 1.97 bits per heavy atom. The molecule has 1 amide bonds. The first kappa shape index (κ1) is 25.1. The molecule has 3 heterocycles. The highest BCUT2D eigenvalue weighted by Crippen LogP contribution is 2.44. The van der Waals surface area contributed by atoms with Crippen molar-refractivity contribution in [2.24, 2.45) is 5.41 Å². The van der Waals surface area contributed by atoms with E-state index in [4.69, 9.17) is 14.6 Å². The van der Waals surface area contributed by atoms with E-state index in [1.165, 1.54) is 12.0 Å². The van der Waals surface area contributed by atoms with Gasteiger partial charge in [-0.2, -0.15) is 13.2 Å². The topological polar surface area (TPSA) is 83.0 Å². The summed E-state index contributed by atoms with van der Waals surface area (Å²) in [7, 11) is 1.79. The summed E-state index contributed by atoms with van der Waals surface area (Å²) < 4.78 is 37.2. The van der Waals surface area contributed by atoms with Gasteiger partial charge in [-0.3, -0.25) is 14.7 Å². The number of amides is 1. The fourth-order valence-electron chi connectivity index (χ4n) is 4.34. The number of carboxylic acids is 1. The lowest BCUT2D eigenvalue weighted by molar-refractivity contribution is -0.192. The minimum absolute atomic E-state index is 0.295. The van der Waals surface area contributed by atoms with E-state index in [-0.39, 0.29) is 0 Å². The molecule has 2 aliphatic rings. The number of hydrogen-bond donors (Lipinski definition) is 1. The van der Waals surface area contributed by atoms with Gasteiger partial charge < -0.3 is 14.7 Å². The van der Waals surface area contributed by atoms with Crippen LogP contribution in [-0.4, -0.2) is 77.3 Å². The first-order chi connectivity index (χ1) is 14.6. The van der Waals surface area contributed by atoms with Gasteiger partial charge in [0, 0.05) is 58.1 Å². The Kier molecular flexibility index (Phi) is 8.81. The minimum Gasteiger partial charge on any atom is -0.475 e. The van der Waals surface area contributed by atoms with Gasteiger partial charge >= 0.3 is 12.1 Å². The number of carbonyl (C=O) groups excluding carboxylic acids is 1. The Bertz CT molecular complexity index is 722. The van der Waals surface area contributed by atoms with E-state index in [0.717, 1.165) is 45.6 Å². The Morgan fingerprint density at radius 1 is 1.32 bits per heavy atom. The smallest absolute Gasteiger partial charge is 0.475 e. The average molecular weight is 445 g/mol. The third-order valence-corrected chi connectivity index (χ3v) is 5.91. The van der Waals surface area contributed by atoms with Crippen molar-refractivity contribution in [2.75, 3.05) is 33.4 Å². The van der Waals surface area contributed by atoms with Crippen molar-refractivity contribution >= 4 is 11.9 Å². The van der Waals surface area contributed by atoms with E-state index in [1.54, 1.807) is 7.11 Å². The molecule has 2 saturated heterocycles. The molecule has 7 nitrogen and oxygen atoms in total. The van der Waals surface area contributed by atoms with Crippen LogP contribution in [0.15, 0.2) is 24.5 Å². The molecule has 0 radical (unpaired) electrons. The van der Waals surface area contributed by atoms with Crippen molar-refractivity contribution in [3.05, 3.63) is 30.1 Å². The minimum atomic E-state index is -5.08. The Morgan fingerprint density at radius 3 is 2.45 bits per heavy atom. The number of carboxylic acid groups (broad SMARTS) is 1. The number of carbonyl (C=O) groups is 2. The van der Waals surface area contributed by atoms with Crippen LogP contribution in [-0.2, 0) is 20.9 Å². The molecule has 3 rings (SSSR count). The molecule has 1 aromatic heterocycles. The number of ether oxygens (including phenoxy) is 1. The predicted octanol–water partition coefficient (Wildman–Crippen LogP) is 2.95. The maximum Gasteiger partial charge on any atom is 0.490 e. The van der Waals surface area contributed by atoms with E-state index in [2.05, 4.69) is 16.0 Å². The SMILES string of the molecule is CCC(=O)N1CCC2(CC1)CC(COC)N(Cc1cccnc1)C2.O=C(O)C(F)(F)F. The number of likely N-dealkylation sites (tertiary alicyclic amines) is 2. The maximum atomic E-state index is 11.9. The summed E-state index contributed by atoms with van der Waals surface area (Å²) in [5.41, 5.74) is 1.60. The van der Waals surface area contributed by atoms with Crippen molar-refractivity contribution < 1.29 is 32.6 Å². The molecule has 0 bridgehead atoms. The maximum absolute atomic E-state index is 11.9. The fraction of sp³-hybridized carbons (Fsp3) is 0.667. The van der Waals surface area contributed by atoms with Crippen LogP contribution >= 0.6 is 0 Å². The molecule has 2 aliphatic heterocycles. The fourth-order valence-corrected chi connectivity index (χ4v) is 4.34. The first-order valence-corrected chi connectivity index (χ1v) is 10.3. The zero-order valence-electron chi connectivity index (χ0n) is 17.9. The largest absolute Gasteiger partial charge is 0.490 e. The number of aromatic nitrogens is 1. The molecular weight excluding hydrogens is 415 g/mol. The zero-order valence-corrected chi connectivity index (χ0v) is 17.9. The highest BCUT2D eigenvalue weighted by Gasteiger charge is 2.45. The second kappa shape index (κ2) is 10.9. The van der Waals surface area contributed by atoms with E-state index < -0.39 is 12.1 Å². The van der Waals surface area contributed by atoms with E-state index in [9.17, 15) is 18.0 Å². The van der Waals surface area contributed by atoms with Crippen LogP contribution in [0, 0.1) is 5.41 Å². The Hall–Kier alpha value is -2.20. The Labute approximate surface area is 180 Å². The summed E-state index contributed by atoms with van der Waals surface area (Å²) in [5, 5.41) is 7.12. The van der Waals surface area contributed by atoms with Gasteiger partial charge in [0.2, 0.25) is 5.91 Å². The molecule has 1 atom stereocenters. The first-order valence-electron chi connectivity index (χ1n) is 10.3. The lowest BCUT2D eigenvalue weighted by atomic mass is 9.76. The van der Waals surface area contributed by atoms with Crippen molar-refractivity contribution in [2.45, 2.75) is 51.4 Å². The number of hydrogen-bond acceptors (Lipinski definition) is 5. The molecular formula is C21H30F3N3O4. The van der Waals surface area contributed by atoms with Gasteiger partial charge in [-0.15, -0.1) is 0 Å². The number of nitrogens with zero attached hydrogens (tertiary/aromatic N) is 3. The van der Waals surface area contributed by atoms with E-state index in [0.29, 0.717) is 23.8 Å². The number of pyridine rings is 1. The number of halogens is 3. The standard InChI is InChI=1S/C19H29N3O2.C2HF3O2/c1-3-18(23)21-9-6-19(7-10-21)11-17(14-24-2)22(15-19)13-16-5-4-8-20-12-16;3-2(4,5)1(6)7/h4-5,8,12,17H,3,6-7,9-11,13-15H2,1-2H3;(H,6,7). The van der Waals surface area contributed by atoms with Crippen LogP contribution in [0.1, 0.15) is 38.2 Å². The quantitative estimate of drug-likeness (QED) is 0.751. The molecule has 1 unspecified atom stereocenters. The molecule has 1 spiro atoms. The van der Waals surface area contributed by atoms with E-state index >= 15 is 0 Å². The molecule has 2 fully saturated rings. The zero-order chi connectivity index (χ0) is 23.1. The lowest BCUT2D eigenvalue weighted by Crippen LogP contribution is -2.44. The summed E-state index contributed by atoms with van der Waals surface area (Å²) in [6.07, 6.45) is 2.71. The van der Waals surface area contributed by atoms with E-state index in [1.807, 2.05) is 30.3 Å². The number of methoxy groups -OCH3 is 1. The normalized spacial score (nSPS) is 20.9. The lowest BCUT2D eigenvalue weighted by Gasteiger charge is -2.39. The number of aliphatic carboxylic acids is 1. The highest BCUT2D eigenvalue weighted by atomic mass is 19.4. The van der Waals surface area contributed by atoms with Crippen molar-refractivity contribution in [3.63, 3.8) is 0 Å². The van der Waals surface area contributed by atoms with Crippen molar-refractivity contribution in [1.29, 1.82) is 0 Å². The van der Waals surface area contributed by atoms with Gasteiger partial charge in [0.1, 0.15) is 0 Å². The summed E-state index contributed by atoms with van der Waals surface area (Å²) >= 11 is 0.